The van der Waals surface area contributed by atoms with Crippen LogP contribution in [0.2, 0.25) is 0 Å². The molecule has 0 bridgehead atoms. The molecule has 2 aromatic rings. The van der Waals surface area contributed by atoms with E-state index in [1.807, 2.05) is 18.2 Å². The van der Waals surface area contributed by atoms with E-state index in [9.17, 15) is 4.79 Å². The maximum Gasteiger partial charge on any atom is 0.277 e. The summed E-state index contributed by atoms with van der Waals surface area (Å²) in [5.74, 6) is 0.566. The van der Waals surface area contributed by atoms with Crippen LogP contribution in [0.4, 0.5) is 0 Å². The molecule has 21 heavy (non-hydrogen) atoms. The van der Waals surface area contributed by atoms with Crippen molar-refractivity contribution in [2.45, 2.75) is 6.42 Å². The average Bonchev–Trinajstić information content (AvgIpc) is 2.55. The molecule has 0 atom stereocenters. The lowest BCUT2D eigenvalue weighted by Gasteiger charge is -2.13. The van der Waals surface area contributed by atoms with Gasteiger partial charge >= 0.3 is 0 Å². The molecule has 0 saturated carbocycles. The molecule has 0 heterocycles. The van der Waals surface area contributed by atoms with Crippen molar-refractivity contribution in [2.24, 2.45) is 0 Å². The second kappa shape index (κ2) is 7.45. The van der Waals surface area contributed by atoms with Gasteiger partial charge in [0.15, 0.2) is 0 Å². The first-order valence-corrected chi connectivity index (χ1v) is 6.79. The summed E-state index contributed by atoms with van der Waals surface area (Å²) in [7, 11) is 3.03. The lowest BCUT2D eigenvalue weighted by molar-refractivity contribution is -0.0757. The van der Waals surface area contributed by atoms with Crippen molar-refractivity contribution in [3.8, 4) is 5.75 Å². The van der Waals surface area contributed by atoms with Crippen LogP contribution < -0.4 is 4.74 Å². The number of hydroxylamine groups is 2. The number of amides is 1. The van der Waals surface area contributed by atoms with E-state index >= 15 is 0 Å². The smallest absolute Gasteiger partial charge is 0.277 e. The van der Waals surface area contributed by atoms with Crippen LogP contribution in [0.5, 0.6) is 5.75 Å². The molecule has 0 unspecified atom stereocenters. The molecule has 0 fully saturated rings. The van der Waals surface area contributed by atoms with Crippen LogP contribution in [-0.2, 0) is 11.3 Å². The Hall–Kier alpha value is -2.33. The van der Waals surface area contributed by atoms with Crippen LogP contribution in [0.25, 0.3) is 0 Å². The Balaban J connectivity index is 1.86. The summed E-state index contributed by atoms with van der Waals surface area (Å²) in [4.78, 5) is 16.7. The number of carbonyl (C=O) groups excluding carboxylic acids is 1. The molecular weight excluding hydrogens is 266 g/mol. The average molecular weight is 285 g/mol. The van der Waals surface area contributed by atoms with Crippen molar-refractivity contribution in [1.29, 1.82) is 0 Å². The molecule has 0 aliphatic carbocycles. The van der Waals surface area contributed by atoms with Gasteiger partial charge in [-0.1, -0.05) is 30.3 Å². The topological polar surface area (TPSA) is 38.8 Å². The van der Waals surface area contributed by atoms with Gasteiger partial charge in [-0.2, -0.15) is 0 Å². The maximum atomic E-state index is 11.8. The lowest BCUT2D eigenvalue weighted by atomic mass is 10.2. The first-order valence-electron chi connectivity index (χ1n) is 6.79. The molecule has 0 spiro atoms. The molecule has 4 nitrogen and oxygen atoms in total. The molecule has 2 aromatic carbocycles. The van der Waals surface area contributed by atoms with Crippen molar-refractivity contribution in [3.05, 3.63) is 65.7 Å². The highest BCUT2D eigenvalue weighted by Gasteiger charge is 2.10. The molecule has 0 saturated heterocycles. The van der Waals surface area contributed by atoms with E-state index in [-0.39, 0.29) is 5.91 Å². The fraction of sp³-hybridized carbons (Fsp3) is 0.235. The van der Waals surface area contributed by atoms with Gasteiger partial charge in [-0.25, -0.2) is 5.06 Å². The Bertz CT molecular complexity index is 566. The third kappa shape index (κ3) is 4.33. The largest absolute Gasteiger partial charge is 0.493 e. The minimum absolute atomic E-state index is 0.187. The molecule has 1 amide bonds. The fourth-order valence-electron chi connectivity index (χ4n) is 1.89. The predicted molar refractivity (Wildman–Crippen MR) is 81.2 cm³/mol. The van der Waals surface area contributed by atoms with Crippen molar-refractivity contribution in [1.82, 2.24) is 5.06 Å². The van der Waals surface area contributed by atoms with Gasteiger partial charge in [-0.3, -0.25) is 9.63 Å². The molecule has 0 N–H and O–H groups in total. The van der Waals surface area contributed by atoms with Crippen LogP contribution in [0.1, 0.15) is 15.9 Å². The number of benzene rings is 2. The first kappa shape index (κ1) is 15.1. The molecular formula is C17H19NO3. The summed E-state index contributed by atoms with van der Waals surface area (Å²) in [6.07, 6.45) is 0.855. The van der Waals surface area contributed by atoms with E-state index in [0.717, 1.165) is 12.2 Å². The summed E-state index contributed by atoms with van der Waals surface area (Å²) in [6, 6.07) is 17.2. The van der Waals surface area contributed by atoms with E-state index in [2.05, 4.69) is 12.1 Å². The molecule has 0 aromatic heterocycles. The zero-order valence-electron chi connectivity index (χ0n) is 12.3. The van der Waals surface area contributed by atoms with Crippen molar-refractivity contribution >= 4 is 5.91 Å². The van der Waals surface area contributed by atoms with Crippen molar-refractivity contribution < 1.29 is 14.4 Å². The van der Waals surface area contributed by atoms with Gasteiger partial charge < -0.3 is 4.74 Å². The fourth-order valence-corrected chi connectivity index (χ4v) is 1.89. The summed E-state index contributed by atoms with van der Waals surface area (Å²) in [5, 5.41) is 1.19. The molecule has 110 valence electrons. The quantitative estimate of drug-likeness (QED) is 0.766. The molecule has 4 heteroatoms. The summed E-state index contributed by atoms with van der Waals surface area (Å²) in [6.45, 7) is 0.606. The zero-order chi connectivity index (χ0) is 15.1. The van der Waals surface area contributed by atoms with Crippen molar-refractivity contribution in [3.63, 3.8) is 0 Å². The molecule has 2 rings (SSSR count). The van der Waals surface area contributed by atoms with Gasteiger partial charge in [-0.15, -0.1) is 0 Å². The van der Waals surface area contributed by atoms with Gasteiger partial charge in [0.05, 0.1) is 13.7 Å². The summed E-state index contributed by atoms with van der Waals surface area (Å²) in [5.41, 5.74) is 1.81. The van der Waals surface area contributed by atoms with Crippen LogP contribution in [0.3, 0.4) is 0 Å². The number of hydrogen-bond acceptors (Lipinski definition) is 3. The third-order valence-corrected chi connectivity index (χ3v) is 3.16. The number of rotatable bonds is 6. The monoisotopic (exact) mass is 285 g/mol. The zero-order valence-corrected chi connectivity index (χ0v) is 12.3. The Labute approximate surface area is 124 Å². The van der Waals surface area contributed by atoms with Gasteiger partial charge in [-0.05, 0) is 29.8 Å². The molecule has 0 radical (unpaired) electrons. The minimum Gasteiger partial charge on any atom is -0.493 e. The second-order valence-electron chi connectivity index (χ2n) is 4.59. The van der Waals surface area contributed by atoms with Crippen LogP contribution in [0, 0.1) is 0 Å². The molecule has 0 aliphatic heterocycles. The van der Waals surface area contributed by atoms with E-state index in [1.54, 1.807) is 31.3 Å². The minimum atomic E-state index is -0.187. The number of carbonyl (C=O) groups is 1. The van der Waals surface area contributed by atoms with Gasteiger partial charge in [0.25, 0.3) is 5.91 Å². The lowest BCUT2D eigenvalue weighted by Crippen LogP contribution is -2.25. The predicted octanol–water partition coefficient (Wildman–Crippen LogP) is 2.94. The Morgan fingerprint density at radius 2 is 1.71 bits per heavy atom. The van der Waals surface area contributed by atoms with Crippen molar-refractivity contribution in [2.75, 3.05) is 20.8 Å². The summed E-state index contributed by atoms with van der Waals surface area (Å²) < 4.78 is 5.68. The highest BCUT2D eigenvalue weighted by Crippen LogP contribution is 2.14. The van der Waals surface area contributed by atoms with Gasteiger partial charge in [0.1, 0.15) is 5.75 Å². The van der Waals surface area contributed by atoms with E-state index in [0.29, 0.717) is 12.2 Å². The third-order valence-electron chi connectivity index (χ3n) is 3.16. The van der Waals surface area contributed by atoms with Crippen LogP contribution in [0.15, 0.2) is 54.6 Å². The SMILES string of the molecule is CON(C)C(=O)c1ccc(OCCc2ccccc2)cc1. The Morgan fingerprint density at radius 1 is 1.05 bits per heavy atom. The molecule has 0 aliphatic rings. The van der Waals surface area contributed by atoms with E-state index in [1.165, 1.54) is 17.7 Å². The summed E-state index contributed by atoms with van der Waals surface area (Å²) >= 11 is 0. The van der Waals surface area contributed by atoms with Crippen LogP contribution in [-0.4, -0.2) is 31.7 Å². The second-order valence-corrected chi connectivity index (χ2v) is 4.59. The van der Waals surface area contributed by atoms with Crippen LogP contribution >= 0.6 is 0 Å². The first-order chi connectivity index (χ1) is 10.2. The Morgan fingerprint density at radius 3 is 2.33 bits per heavy atom. The number of nitrogens with zero attached hydrogens (tertiary/aromatic N) is 1. The number of hydrogen-bond donors (Lipinski definition) is 0. The maximum absolute atomic E-state index is 11.8. The van der Waals surface area contributed by atoms with Gasteiger partial charge in [0, 0.05) is 19.0 Å². The van der Waals surface area contributed by atoms with E-state index < -0.39 is 0 Å². The Kier molecular flexibility index (Phi) is 5.35. The number of ether oxygens (including phenoxy) is 1. The highest BCUT2D eigenvalue weighted by atomic mass is 16.7. The van der Waals surface area contributed by atoms with E-state index in [4.69, 9.17) is 9.57 Å². The normalized spacial score (nSPS) is 10.2. The standard InChI is InChI=1S/C17H19NO3/c1-18(20-2)17(19)15-8-10-16(11-9-15)21-13-12-14-6-4-3-5-7-14/h3-11H,12-13H2,1-2H3. The highest BCUT2D eigenvalue weighted by molar-refractivity contribution is 5.93. The van der Waals surface area contributed by atoms with Gasteiger partial charge in [0.2, 0.25) is 0 Å².